The summed E-state index contributed by atoms with van der Waals surface area (Å²) in [6, 6.07) is 11.7. The Morgan fingerprint density at radius 2 is 1.96 bits per heavy atom. The minimum Gasteiger partial charge on any atom is -0.484 e. The summed E-state index contributed by atoms with van der Waals surface area (Å²) in [6.07, 6.45) is 1.30. The zero-order chi connectivity index (χ0) is 20.7. The van der Waals surface area contributed by atoms with Gasteiger partial charge in [-0.15, -0.1) is 0 Å². The minimum atomic E-state index is -0.818. The van der Waals surface area contributed by atoms with Gasteiger partial charge in [-0.3, -0.25) is 19.7 Å². The average Bonchev–Trinajstić information content (AvgIpc) is 2.66. The van der Waals surface area contributed by atoms with Crippen LogP contribution in [0.15, 0.2) is 48.0 Å². The van der Waals surface area contributed by atoms with E-state index in [0.717, 1.165) is 6.07 Å². The molecule has 3 N–H and O–H groups in total. The normalized spacial score (nSPS) is 10.6. The van der Waals surface area contributed by atoms with Gasteiger partial charge in [0.05, 0.1) is 4.92 Å². The van der Waals surface area contributed by atoms with Crippen molar-refractivity contribution in [2.45, 2.75) is 0 Å². The average molecular weight is 401 g/mol. The van der Waals surface area contributed by atoms with Crippen molar-refractivity contribution in [2.24, 2.45) is 5.73 Å². The molecule has 0 fully saturated rings. The van der Waals surface area contributed by atoms with E-state index < -0.39 is 22.4 Å². The van der Waals surface area contributed by atoms with Gasteiger partial charge in [0.1, 0.15) is 23.1 Å². The summed E-state index contributed by atoms with van der Waals surface area (Å²) in [7, 11) is 0. The minimum absolute atomic E-state index is 0.0873. The Labute approximate surface area is 164 Å². The number of primary amides is 1. The number of amides is 2. The molecule has 0 spiro atoms. The molecule has 0 unspecified atom stereocenters. The second kappa shape index (κ2) is 9.16. The van der Waals surface area contributed by atoms with Crippen molar-refractivity contribution in [1.29, 1.82) is 5.26 Å². The van der Waals surface area contributed by atoms with E-state index in [9.17, 15) is 25.0 Å². The Morgan fingerprint density at radius 1 is 1.29 bits per heavy atom. The maximum absolute atomic E-state index is 12.3. The van der Waals surface area contributed by atoms with E-state index in [0.29, 0.717) is 11.3 Å². The van der Waals surface area contributed by atoms with Crippen LogP contribution in [0.2, 0.25) is 5.02 Å². The largest absolute Gasteiger partial charge is 0.484 e. The highest BCUT2D eigenvalue weighted by Gasteiger charge is 2.18. The Hall–Kier alpha value is -3.90. The van der Waals surface area contributed by atoms with Gasteiger partial charge in [0.15, 0.2) is 6.61 Å². The molecular weight excluding hydrogens is 388 g/mol. The predicted molar refractivity (Wildman–Crippen MR) is 101 cm³/mol. The maximum Gasteiger partial charge on any atom is 0.294 e. The summed E-state index contributed by atoms with van der Waals surface area (Å²) >= 11 is 5.73. The number of carbonyl (C=O) groups excluding carboxylic acids is 2. The molecule has 0 saturated heterocycles. The van der Waals surface area contributed by atoms with Crippen LogP contribution in [0.1, 0.15) is 5.56 Å². The molecule has 10 heteroatoms. The number of rotatable bonds is 7. The molecule has 2 amide bonds. The maximum atomic E-state index is 12.3. The molecule has 0 heterocycles. The Balaban J connectivity index is 2.19. The van der Waals surface area contributed by atoms with E-state index in [1.807, 2.05) is 0 Å². The number of carbonyl (C=O) groups is 2. The van der Waals surface area contributed by atoms with Gasteiger partial charge in [0, 0.05) is 11.1 Å². The molecule has 142 valence electrons. The van der Waals surface area contributed by atoms with E-state index in [2.05, 4.69) is 5.32 Å². The molecule has 2 aromatic carbocycles. The summed E-state index contributed by atoms with van der Waals surface area (Å²) in [6.45, 7) is -0.277. The highest BCUT2D eigenvalue weighted by molar-refractivity contribution is 6.31. The number of nitro benzene ring substituents is 1. The molecular formula is C18H13ClN4O5. The molecule has 0 aliphatic rings. The first-order valence-corrected chi connectivity index (χ1v) is 8.06. The SMILES string of the molecule is N#C/C(=C\c1ccc(OCC(N)=O)cc1)C(=O)Nc1ccc(Cl)cc1[N+](=O)[O-]. The fourth-order valence-electron chi connectivity index (χ4n) is 2.08. The molecule has 9 nitrogen and oxygen atoms in total. The Morgan fingerprint density at radius 3 is 2.54 bits per heavy atom. The molecule has 28 heavy (non-hydrogen) atoms. The number of nitriles is 1. The second-order valence-corrected chi connectivity index (χ2v) is 5.80. The smallest absolute Gasteiger partial charge is 0.294 e. The van der Waals surface area contributed by atoms with E-state index in [1.165, 1.54) is 30.3 Å². The van der Waals surface area contributed by atoms with Crippen LogP contribution in [0.4, 0.5) is 11.4 Å². The summed E-state index contributed by atoms with van der Waals surface area (Å²) in [5.74, 6) is -1.05. The third-order valence-electron chi connectivity index (χ3n) is 3.34. The Kier molecular flexibility index (Phi) is 6.68. The van der Waals surface area contributed by atoms with Crippen molar-refractivity contribution in [3.8, 4) is 11.8 Å². The first-order chi connectivity index (χ1) is 13.3. The number of halogens is 1. The van der Waals surface area contributed by atoms with Crippen molar-refractivity contribution >= 4 is 40.9 Å². The summed E-state index contributed by atoms with van der Waals surface area (Å²) in [5.41, 5.74) is 4.74. The first kappa shape index (κ1) is 20.4. The molecule has 0 radical (unpaired) electrons. The molecule has 0 aromatic heterocycles. The van der Waals surface area contributed by atoms with Crippen molar-refractivity contribution in [3.05, 3.63) is 68.7 Å². The van der Waals surface area contributed by atoms with Gasteiger partial charge in [0.25, 0.3) is 17.5 Å². The third-order valence-corrected chi connectivity index (χ3v) is 3.58. The van der Waals surface area contributed by atoms with E-state index in [4.69, 9.17) is 22.1 Å². The van der Waals surface area contributed by atoms with Gasteiger partial charge in [-0.2, -0.15) is 5.26 Å². The van der Waals surface area contributed by atoms with E-state index in [1.54, 1.807) is 18.2 Å². The number of nitrogens with one attached hydrogen (secondary N) is 1. The lowest BCUT2D eigenvalue weighted by molar-refractivity contribution is -0.383. The lowest BCUT2D eigenvalue weighted by Gasteiger charge is -2.06. The monoisotopic (exact) mass is 400 g/mol. The second-order valence-electron chi connectivity index (χ2n) is 5.37. The van der Waals surface area contributed by atoms with Crippen LogP contribution < -0.4 is 15.8 Å². The fraction of sp³-hybridized carbons (Fsp3) is 0.0556. The number of ether oxygens (including phenoxy) is 1. The lowest BCUT2D eigenvalue weighted by atomic mass is 10.1. The van der Waals surface area contributed by atoms with Gasteiger partial charge < -0.3 is 15.8 Å². The van der Waals surface area contributed by atoms with Crippen LogP contribution in [-0.2, 0) is 9.59 Å². The van der Waals surface area contributed by atoms with Crippen LogP contribution >= 0.6 is 11.6 Å². The van der Waals surface area contributed by atoms with Crippen LogP contribution in [0.3, 0.4) is 0 Å². The zero-order valence-corrected chi connectivity index (χ0v) is 15.0. The lowest BCUT2D eigenvalue weighted by Crippen LogP contribution is -2.19. The van der Waals surface area contributed by atoms with Crippen molar-refractivity contribution in [3.63, 3.8) is 0 Å². The van der Waals surface area contributed by atoms with Crippen LogP contribution in [-0.4, -0.2) is 23.3 Å². The molecule has 0 bridgehead atoms. The number of benzene rings is 2. The number of nitro groups is 1. The highest BCUT2D eigenvalue weighted by Crippen LogP contribution is 2.28. The number of anilines is 1. The Bertz CT molecular complexity index is 996. The van der Waals surface area contributed by atoms with Crippen LogP contribution in [0, 0.1) is 21.4 Å². The van der Waals surface area contributed by atoms with Gasteiger partial charge >= 0.3 is 0 Å². The third kappa shape index (κ3) is 5.55. The van der Waals surface area contributed by atoms with E-state index >= 15 is 0 Å². The number of nitrogens with two attached hydrogens (primary N) is 1. The van der Waals surface area contributed by atoms with Crippen LogP contribution in [0.5, 0.6) is 5.75 Å². The van der Waals surface area contributed by atoms with E-state index in [-0.39, 0.29) is 22.9 Å². The van der Waals surface area contributed by atoms with Gasteiger partial charge in [0.2, 0.25) is 0 Å². The molecule has 0 aliphatic carbocycles. The number of hydrogen-bond acceptors (Lipinski definition) is 6. The number of hydrogen-bond donors (Lipinski definition) is 2. The standard InChI is InChI=1S/C18H13ClN4O5/c19-13-3-6-15(16(8-13)23(26)27)22-18(25)12(9-20)7-11-1-4-14(5-2-11)28-10-17(21)24/h1-8H,10H2,(H2,21,24)(H,22,25)/b12-7+. The highest BCUT2D eigenvalue weighted by atomic mass is 35.5. The van der Waals surface area contributed by atoms with Gasteiger partial charge in [-0.1, -0.05) is 23.7 Å². The fourth-order valence-corrected chi connectivity index (χ4v) is 2.25. The molecule has 0 atom stereocenters. The van der Waals surface area contributed by atoms with Crippen LogP contribution in [0.25, 0.3) is 6.08 Å². The molecule has 0 aliphatic heterocycles. The zero-order valence-electron chi connectivity index (χ0n) is 14.2. The molecule has 2 rings (SSSR count). The quantitative estimate of drug-likeness (QED) is 0.316. The van der Waals surface area contributed by atoms with Crippen molar-refractivity contribution < 1.29 is 19.2 Å². The first-order valence-electron chi connectivity index (χ1n) is 7.68. The summed E-state index contributed by atoms with van der Waals surface area (Å²) < 4.78 is 5.11. The van der Waals surface area contributed by atoms with Crippen molar-refractivity contribution in [1.82, 2.24) is 0 Å². The van der Waals surface area contributed by atoms with Gasteiger partial charge in [-0.05, 0) is 35.9 Å². The number of nitrogens with zero attached hydrogens (tertiary/aromatic N) is 2. The molecule has 2 aromatic rings. The summed E-state index contributed by atoms with van der Waals surface area (Å²) in [5, 5.41) is 22.8. The molecule has 0 saturated carbocycles. The van der Waals surface area contributed by atoms with Gasteiger partial charge in [-0.25, -0.2) is 0 Å². The summed E-state index contributed by atoms with van der Waals surface area (Å²) in [4.78, 5) is 33.4. The van der Waals surface area contributed by atoms with Crippen molar-refractivity contribution in [2.75, 3.05) is 11.9 Å². The topological polar surface area (TPSA) is 148 Å². The predicted octanol–water partition coefficient (Wildman–Crippen LogP) is 2.66.